The number of nitrogens with zero attached hydrogens (tertiary/aromatic N) is 1. The number of primary amides is 1. The van der Waals surface area contributed by atoms with Gasteiger partial charge < -0.3 is 15.7 Å². The Kier molecular flexibility index (Phi) is 6.27. The lowest BCUT2D eigenvalue weighted by molar-refractivity contribution is -0.00894. The number of aliphatic hydroxyl groups is 1. The van der Waals surface area contributed by atoms with Gasteiger partial charge in [-0.05, 0) is 68.2 Å². The summed E-state index contributed by atoms with van der Waals surface area (Å²) >= 11 is 0. The van der Waals surface area contributed by atoms with Crippen LogP contribution in [0.15, 0.2) is 24.3 Å². The molecule has 2 fully saturated rings. The molecule has 1 aromatic carbocycles. The van der Waals surface area contributed by atoms with E-state index in [9.17, 15) is 9.90 Å². The van der Waals surface area contributed by atoms with Crippen molar-refractivity contribution in [3.8, 4) is 0 Å². The van der Waals surface area contributed by atoms with Crippen LogP contribution >= 0.6 is 0 Å². The molecular weight excluding hydrogens is 336 g/mol. The maximum absolute atomic E-state index is 11.9. The molecule has 2 aliphatic rings. The largest absolute Gasteiger partial charge is 0.390 e. The summed E-state index contributed by atoms with van der Waals surface area (Å²) in [6.07, 6.45) is 8.61. The number of carbonyl (C=O) groups excluding carboxylic acids is 1. The lowest BCUT2D eigenvalue weighted by Crippen LogP contribution is -2.48. The zero-order valence-electron chi connectivity index (χ0n) is 17.0. The van der Waals surface area contributed by atoms with Crippen LogP contribution in [0.25, 0.3) is 0 Å². The van der Waals surface area contributed by atoms with E-state index in [-0.39, 0.29) is 11.3 Å². The number of likely N-dealkylation sites (tertiary alicyclic amines) is 1. The monoisotopic (exact) mass is 372 g/mol. The molecular formula is C23H36N2O2. The predicted molar refractivity (Wildman–Crippen MR) is 110 cm³/mol. The number of rotatable bonds is 6. The Morgan fingerprint density at radius 2 is 1.93 bits per heavy atom. The second kappa shape index (κ2) is 8.32. The number of carbonyl (C=O) groups is 1. The minimum atomic E-state index is -0.408. The number of benzene rings is 1. The second-order valence-electron chi connectivity index (χ2n) is 9.17. The maximum atomic E-state index is 11.9. The Morgan fingerprint density at radius 3 is 2.59 bits per heavy atom. The maximum Gasteiger partial charge on any atom is 0.248 e. The van der Waals surface area contributed by atoms with E-state index in [1.807, 2.05) is 18.2 Å². The first-order chi connectivity index (χ1) is 12.8. The summed E-state index contributed by atoms with van der Waals surface area (Å²) in [6, 6.07) is 7.83. The SMILES string of the molecule is CC1CN(CCCC2(O)CCCCC2)CCC1(C)c1ccccc1C(N)=O. The van der Waals surface area contributed by atoms with E-state index in [1.54, 1.807) is 0 Å². The summed E-state index contributed by atoms with van der Waals surface area (Å²) in [5.41, 5.74) is 6.96. The predicted octanol–water partition coefficient (Wildman–Crippen LogP) is 3.86. The fourth-order valence-electron chi connectivity index (χ4n) is 5.21. The number of hydrogen-bond donors (Lipinski definition) is 2. The summed E-state index contributed by atoms with van der Waals surface area (Å²) < 4.78 is 0. The van der Waals surface area contributed by atoms with Gasteiger partial charge in [0.25, 0.3) is 0 Å². The van der Waals surface area contributed by atoms with Gasteiger partial charge in [-0.25, -0.2) is 0 Å². The third-order valence-electron chi connectivity index (χ3n) is 7.28. The van der Waals surface area contributed by atoms with Gasteiger partial charge in [-0.2, -0.15) is 0 Å². The van der Waals surface area contributed by atoms with Crippen molar-refractivity contribution in [2.45, 2.75) is 76.2 Å². The van der Waals surface area contributed by atoms with Gasteiger partial charge >= 0.3 is 0 Å². The summed E-state index contributed by atoms with van der Waals surface area (Å²) in [5.74, 6) is 0.117. The van der Waals surface area contributed by atoms with Gasteiger partial charge in [-0.15, -0.1) is 0 Å². The zero-order chi connectivity index (χ0) is 19.5. The Labute approximate surface area is 164 Å². The van der Waals surface area contributed by atoms with Gasteiger partial charge in [0.1, 0.15) is 0 Å². The molecule has 0 bridgehead atoms. The average Bonchev–Trinajstić information content (AvgIpc) is 2.65. The standard InChI is InChI=1S/C23H36N2O2/c1-18-17-25(15-8-13-23(27)11-6-3-7-12-23)16-14-22(18,2)20-10-5-4-9-19(20)21(24)26/h4-5,9-10,18,27H,3,6-8,11-17H2,1-2H3,(H2,24,26). The first-order valence-electron chi connectivity index (χ1n) is 10.7. The highest BCUT2D eigenvalue weighted by molar-refractivity contribution is 5.94. The molecule has 2 unspecified atom stereocenters. The van der Waals surface area contributed by atoms with Crippen LogP contribution in [-0.4, -0.2) is 41.1 Å². The van der Waals surface area contributed by atoms with Crippen molar-refractivity contribution in [3.05, 3.63) is 35.4 Å². The van der Waals surface area contributed by atoms with Crippen LogP contribution < -0.4 is 5.73 Å². The second-order valence-corrected chi connectivity index (χ2v) is 9.17. The highest BCUT2D eigenvalue weighted by Crippen LogP contribution is 2.41. The molecule has 1 saturated carbocycles. The van der Waals surface area contributed by atoms with Crippen LogP contribution in [0.1, 0.15) is 81.1 Å². The molecule has 4 heteroatoms. The smallest absolute Gasteiger partial charge is 0.248 e. The van der Waals surface area contributed by atoms with Crippen LogP contribution in [0.5, 0.6) is 0 Å². The Bertz CT molecular complexity index is 654. The van der Waals surface area contributed by atoms with Crippen molar-refractivity contribution in [2.24, 2.45) is 11.7 Å². The number of piperidine rings is 1. The topological polar surface area (TPSA) is 66.6 Å². The van der Waals surface area contributed by atoms with E-state index >= 15 is 0 Å². The quantitative estimate of drug-likeness (QED) is 0.797. The van der Waals surface area contributed by atoms with E-state index in [4.69, 9.17) is 5.73 Å². The van der Waals surface area contributed by atoms with Crippen LogP contribution in [0, 0.1) is 5.92 Å². The van der Waals surface area contributed by atoms with Crippen LogP contribution in [0.2, 0.25) is 0 Å². The molecule has 0 radical (unpaired) electrons. The van der Waals surface area contributed by atoms with Crippen molar-refractivity contribution in [2.75, 3.05) is 19.6 Å². The first-order valence-corrected chi connectivity index (χ1v) is 10.7. The molecule has 27 heavy (non-hydrogen) atoms. The molecule has 3 rings (SSSR count). The van der Waals surface area contributed by atoms with E-state index < -0.39 is 5.60 Å². The third-order valence-corrected chi connectivity index (χ3v) is 7.28. The highest BCUT2D eigenvalue weighted by atomic mass is 16.3. The lowest BCUT2D eigenvalue weighted by Gasteiger charge is -2.46. The highest BCUT2D eigenvalue weighted by Gasteiger charge is 2.39. The number of hydrogen-bond acceptors (Lipinski definition) is 3. The fourth-order valence-corrected chi connectivity index (χ4v) is 5.21. The summed E-state index contributed by atoms with van der Waals surface area (Å²) in [4.78, 5) is 14.4. The molecule has 1 aliphatic carbocycles. The van der Waals surface area contributed by atoms with Crippen molar-refractivity contribution < 1.29 is 9.90 Å². The van der Waals surface area contributed by atoms with Crippen molar-refractivity contribution in [1.29, 1.82) is 0 Å². The molecule has 2 atom stereocenters. The van der Waals surface area contributed by atoms with Gasteiger partial charge in [0.15, 0.2) is 0 Å². The van der Waals surface area contributed by atoms with Crippen molar-refractivity contribution in [1.82, 2.24) is 4.90 Å². The fraction of sp³-hybridized carbons (Fsp3) is 0.696. The van der Waals surface area contributed by atoms with Gasteiger partial charge in [-0.3, -0.25) is 4.79 Å². The molecule has 3 N–H and O–H groups in total. The average molecular weight is 373 g/mol. The lowest BCUT2D eigenvalue weighted by atomic mass is 9.66. The van der Waals surface area contributed by atoms with Crippen LogP contribution in [0.4, 0.5) is 0 Å². The molecule has 1 saturated heterocycles. The summed E-state index contributed by atoms with van der Waals surface area (Å²) in [7, 11) is 0. The molecule has 0 aromatic heterocycles. The van der Waals surface area contributed by atoms with Gasteiger partial charge in [0.2, 0.25) is 5.91 Å². The Hall–Kier alpha value is -1.39. The number of amides is 1. The molecule has 150 valence electrons. The van der Waals surface area contributed by atoms with Gasteiger partial charge in [-0.1, -0.05) is 51.3 Å². The van der Waals surface area contributed by atoms with Crippen LogP contribution in [-0.2, 0) is 5.41 Å². The summed E-state index contributed by atoms with van der Waals surface area (Å²) in [5, 5.41) is 10.7. The van der Waals surface area contributed by atoms with E-state index in [1.165, 1.54) is 19.3 Å². The zero-order valence-corrected chi connectivity index (χ0v) is 17.0. The molecule has 1 aliphatic heterocycles. The minimum Gasteiger partial charge on any atom is -0.390 e. The molecule has 4 nitrogen and oxygen atoms in total. The first kappa shape index (κ1) is 20.3. The van der Waals surface area contributed by atoms with Crippen molar-refractivity contribution in [3.63, 3.8) is 0 Å². The van der Waals surface area contributed by atoms with Gasteiger partial charge in [0.05, 0.1) is 5.60 Å². The molecule has 1 amide bonds. The molecule has 0 spiro atoms. The molecule has 1 heterocycles. The van der Waals surface area contributed by atoms with E-state index in [0.29, 0.717) is 11.5 Å². The third kappa shape index (κ3) is 4.55. The normalized spacial score (nSPS) is 28.8. The minimum absolute atomic E-state index is 0.0241. The Balaban J connectivity index is 1.58. The Morgan fingerprint density at radius 1 is 1.22 bits per heavy atom. The van der Waals surface area contributed by atoms with E-state index in [0.717, 1.165) is 57.3 Å². The van der Waals surface area contributed by atoms with Gasteiger partial charge in [0, 0.05) is 12.1 Å². The summed E-state index contributed by atoms with van der Waals surface area (Å²) in [6.45, 7) is 7.69. The van der Waals surface area contributed by atoms with Crippen LogP contribution in [0.3, 0.4) is 0 Å². The number of nitrogens with two attached hydrogens (primary N) is 1. The molecule has 1 aromatic rings. The van der Waals surface area contributed by atoms with Crippen molar-refractivity contribution >= 4 is 5.91 Å². The van der Waals surface area contributed by atoms with E-state index in [2.05, 4.69) is 24.8 Å².